The first-order valence-electron chi connectivity index (χ1n) is 8.65. The Bertz CT molecular complexity index is 696. The van der Waals surface area contributed by atoms with Crippen LogP contribution in [0.25, 0.3) is 0 Å². The van der Waals surface area contributed by atoms with Crippen LogP contribution < -0.4 is 10.5 Å². The molecule has 3 N–H and O–H groups in total. The number of carbonyl (C=O) groups is 1. The van der Waals surface area contributed by atoms with Crippen LogP contribution in [-0.2, 0) is 19.6 Å². The molecule has 1 fully saturated rings. The number of rotatable bonds is 8. The molecule has 0 aromatic heterocycles. The van der Waals surface area contributed by atoms with Gasteiger partial charge in [0.25, 0.3) is 0 Å². The summed E-state index contributed by atoms with van der Waals surface area (Å²) >= 11 is 0. The van der Waals surface area contributed by atoms with Crippen molar-refractivity contribution >= 4 is 40.7 Å². The van der Waals surface area contributed by atoms with Gasteiger partial charge in [-0.05, 0) is 19.1 Å². The van der Waals surface area contributed by atoms with Gasteiger partial charge in [-0.2, -0.15) is 0 Å². The fourth-order valence-corrected chi connectivity index (χ4v) is 3.84. The first-order valence-corrected chi connectivity index (χ1v) is 10.1. The van der Waals surface area contributed by atoms with Gasteiger partial charge in [0.05, 0.1) is 11.5 Å². The molecule has 0 bridgehead atoms. The molecule has 8 nitrogen and oxygen atoms in total. The summed E-state index contributed by atoms with van der Waals surface area (Å²) < 4.78 is 32.1. The van der Waals surface area contributed by atoms with E-state index in [1.165, 1.54) is 7.11 Å². The van der Waals surface area contributed by atoms with E-state index < -0.39 is 16.1 Å². The number of amides is 1. The monoisotopic (exact) mass is 456 g/mol. The van der Waals surface area contributed by atoms with E-state index in [0.717, 1.165) is 5.56 Å². The van der Waals surface area contributed by atoms with Gasteiger partial charge in [-0.1, -0.05) is 17.7 Å². The number of hydrogen-bond acceptors (Lipinski definition) is 6. The highest BCUT2D eigenvalue weighted by Gasteiger charge is 2.25. The van der Waals surface area contributed by atoms with Crippen molar-refractivity contribution in [3.63, 3.8) is 0 Å². The van der Waals surface area contributed by atoms with E-state index in [0.29, 0.717) is 39.3 Å². The second kappa shape index (κ2) is 12.6. The Morgan fingerprint density at radius 3 is 2.29 bits per heavy atom. The van der Waals surface area contributed by atoms with Crippen LogP contribution in [0.15, 0.2) is 29.2 Å². The minimum absolute atomic E-state index is 0. The number of halogens is 2. The number of ether oxygens (including phenoxy) is 1. The molecule has 0 radical (unpaired) electrons. The van der Waals surface area contributed by atoms with Gasteiger partial charge in [0.2, 0.25) is 15.9 Å². The summed E-state index contributed by atoms with van der Waals surface area (Å²) in [5, 5.41) is 0. The molecule has 1 heterocycles. The van der Waals surface area contributed by atoms with Gasteiger partial charge in [-0.15, -0.1) is 24.8 Å². The molecule has 1 amide bonds. The number of nitrogens with two attached hydrogens (primary N) is 1. The lowest BCUT2D eigenvalue weighted by atomic mass is 10.2. The van der Waals surface area contributed by atoms with Gasteiger partial charge in [0.15, 0.2) is 0 Å². The SMILES string of the molecule is COCC(N)C(=O)N1CCN(CCNS(=O)(=O)c2ccc(C)cc2)CC1.Cl.Cl. The van der Waals surface area contributed by atoms with E-state index in [9.17, 15) is 13.2 Å². The van der Waals surface area contributed by atoms with Crippen molar-refractivity contribution < 1.29 is 17.9 Å². The second-order valence-corrected chi connectivity index (χ2v) is 8.21. The zero-order chi connectivity index (χ0) is 19.2. The van der Waals surface area contributed by atoms with E-state index in [-0.39, 0.29) is 42.2 Å². The standard InChI is InChI=1S/C17H28N4O4S.2ClH/c1-14-3-5-15(6-4-14)26(23,24)19-7-8-20-9-11-21(12-10-20)17(22)16(18)13-25-2;;/h3-6,16,19H,7-13,18H2,1-2H3;2*1H. The molecule has 2 rings (SSSR count). The van der Waals surface area contributed by atoms with Crippen LogP contribution in [-0.4, -0.2) is 83.2 Å². The predicted octanol–water partition coefficient (Wildman–Crippen LogP) is 0.235. The van der Waals surface area contributed by atoms with Gasteiger partial charge < -0.3 is 15.4 Å². The molecule has 0 aliphatic carbocycles. The lowest BCUT2D eigenvalue weighted by Gasteiger charge is -2.35. The Balaban J connectivity index is 0.00000364. The summed E-state index contributed by atoms with van der Waals surface area (Å²) in [6, 6.07) is 6.13. The number of nitrogens with one attached hydrogen (secondary N) is 1. The highest BCUT2D eigenvalue weighted by molar-refractivity contribution is 7.89. The summed E-state index contributed by atoms with van der Waals surface area (Å²) in [5.74, 6) is -0.105. The van der Waals surface area contributed by atoms with Crippen LogP contribution in [0.2, 0.25) is 0 Å². The van der Waals surface area contributed by atoms with Gasteiger partial charge in [0, 0.05) is 46.4 Å². The Labute approximate surface area is 179 Å². The largest absolute Gasteiger partial charge is 0.383 e. The molecular formula is C17H30Cl2N4O4S. The number of methoxy groups -OCH3 is 1. The van der Waals surface area contributed by atoms with Crippen LogP contribution in [0.3, 0.4) is 0 Å². The quantitative estimate of drug-likeness (QED) is 0.580. The molecule has 1 atom stereocenters. The third kappa shape index (κ3) is 7.82. The maximum Gasteiger partial charge on any atom is 0.241 e. The molecule has 28 heavy (non-hydrogen) atoms. The number of benzene rings is 1. The summed E-state index contributed by atoms with van der Waals surface area (Å²) in [5.41, 5.74) is 6.79. The van der Waals surface area contributed by atoms with E-state index in [4.69, 9.17) is 10.5 Å². The normalized spacial score (nSPS) is 16.0. The zero-order valence-electron chi connectivity index (χ0n) is 16.2. The lowest BCUT2D eigenvalue weighted by Crippen LogP contribution is -2.54. The molecule has 1 aliphatic rings. The molecular weight excluding hydrogens is 427 g/mol. The van der Waals surface area contributed by atoms with E-state index in [1.807, 2.05) is 6.92 Å². The van der Waals surface area contributed by atoms with Gasteiger partial charge in [-0.3, -0.25) is 9.69 Å². The number of carbonyl (C=O) groups excluding carboxylic acids is 1. The van der Waals surface area contributed by atoms with Crippen LogP contribution in [0.1, 0.15) is 5.56 Å². The number of hydrogen-bond donors (Lipinski definition) is 2. The molecule has 1 aliphatic heterocycles. The van der Waals surface area contributed by atoms with Crippen LogP contribution in [0.5, 0.6) is 0 Å². The van der Waals surface area contributed by atoms with Gasteiger partial charge >= 0.3 is 0 Å². The minimum atomic E-state index is -3.49. The minimum Gasteiger partial charge on any atom is -0.383 e. The maximum absolute atomic E-state index is 12.3. The first-order chi connectivity index (χ1) is 12.3. The van der Waals surface area contributed by atoms with Gasteiger partial charge in [-0.25, -0.2) is 13.1 Å². The molecule has 1 aromatic carbocycles. The Morgan fingerprint density at radius 1 is 1.18 bits per heavy atom. The molecule has 0 spiro atoms. The van der Waals surface area contributed by atoms with Crippen LogP contribution >= 0.6 is 24.8 Å². The summed E-state index contributed by atoms with van der Waals surface area (Å²) in [7, 11) is -1.97. The highest BCUT2D eigenvalue weighted by atomic mass is 35.5. The van der Waals surface area contributed by atoms with Crippen molar-refractivity contribution in [2.75, 3.05) is 53.0 Å². The summed E-state index contributed by atoms with van der Waals surface area (Å²) in [6.45, 7) is 5.60. The molecule has 1 saturated heterocycles. The number of piperazine rings is 1. The molecule has 162 valence electrons. The molecule has 11 heteroatoms. The van der Waals surface area contributed by atoms with Crippen molar-refractivity contribution in [2.24, 2.45) is 5.73 Å². The molecule has 1 unspecified atom stereocenters. The first kappa shape index (κ1) is 27.1. The number of nitrogens with zero attached hydrogens (tertiary/aromatic N) is 2. The maximum atomic E-state index is 12.3. The fourth-order valence-electron chi connectivity index (χ4n) is 2.82. The van der Waals surface area contributed by atoms with E-state index in [2.05, 4.69) is 9.62 Å². The van der Waals surface area contributed by atoms with Crippen LogP contribution in [0, 0.1) is 6.92 Å². The third-order valence-electron chi connectivity index (χ3n) is 4.40. The highest BCUT2D eigenvalue weighted by Crippen LogP contribution is 2.10. The van der Waals surface area contributed by atoms with Gasteiger partial charge in [0.1, 0.15) is 6.04 Å². The fraction of sp³-hybridized carbons (Fsp3) is 0.588. The van der Waals surface area contributed by atoms with Crippen molar-refractivity contribution in [3.05, 3.63) is 29.8 Å². The molecule has 1 aromatic rings. The summed E-state index contributed by atoms with van der Waals surface area (Å²) in [6.07, 6.45) is 0. The Morgan fingerprint density at radius 2 is 1.75 bits per heavy atom. The number of aryl methyl sites for hydroxylation is 1. The Kier molecular flexibility index (Phi) is 12.2. The third-order valence-corrected chi connectivity index (χ3v) is 5.88. The smallest absolute Gasteiger partial charge is 0.241 e. The van der Waals surface area contributed by atoms with Crippen LogP contribution in [0.4, 0.5) is 0 Å². The van der Waals surface area contributed by atoms with Crippen molar-refractivity contribution in [1.29, 1.82) is 0 Å². The predicted molar refractivity (Wildman–Crippen MR) is 114 cm³/mol. The average Bonchev–Trinajstić information content (AvgIpc) is 2.62. The van der Waals surface area contributed by atoms with Crippen molar-refractivity contribution in [1.82, 2.24) is 14.5 Å². The topological polar surface area (TPSA) is 105 Å². The Hall–Kier alpha value is -0.940. The summed E-state index contributed by atoms with van der Waals surface area (Å²) in [4.78, 5) is 16.3. The van der Waals surface area contributed by atoms with Crippen molar-refractivity contribution in [2.45, 2.75) is 17.9 Å². The molecule has 0 saturated carbocycles. The van der Waals surface area contributed by atoms with E-state index >= 15 is 0 Å². The average molecular weight is 457 g/mol. The van der Waals surface area contributed by atoms with Crippen molar-refractivity contribution in [3.8, 4) is 0 Å². The second-order valence-electron chi connectivity index (χ2n) is 6.44. The number of sulfonamides is 1. The zero-order valence-corrected chi connectivity index (χ0v) is 18.6. The lowest BCUT2D eigenvalue weighted by molar-refractivity contribution is -0.135. The van der Waals surface area contributed by atoms with E-state index in [1.54, 1.807) is 29.2 Å².